The summed E-state index contributed by atoms with van der Waals surface area (Å²) in [6.07, 6.45) is -9.30. The van der Waals surface area contributed by atoms with Gasteiger partial charge in [0.05, 0.1) is 12.2 Å². The minimum absolute atomic E-state index is 0.0137. The highest BCUT2D eigenvalue weighted by Gasteiger charge is 2.39. The summed E-state index contributed by atoms with van der Waals surface area (Å²) >= 11 is 11.9. The monoisotopic (exact) mass is 544 g/mol. The van der Waals surface area contributed by atoms with E-state index in [9.17, 15) is 27.5 Å². The van der Waals surface area contributed by atoms with E-state index in [0.717, 1.165) is 4.68 Å². The molecule has 190 valence electrons. The maximum absolute atomic E-state index is 14.3. The van der Waals surface area contributed by atoms with Gasteiger partial charge in [0.2, 0.25) is 0 Å². The first-order valence-corrected chi connectivity index (χ1v) is 11.2. The molecule has 14 heteroatoms. The maximum atomic E-state index is 14.3. The molecule has 36 heavy (non-hydrogen) atoms. The minimum Gasteiger partial charge on any atom is -0.382 e. The molecule has 0 fully saturated rings. The van der Waals surface area contributed by atoms with Gasteiger partial charge in [0, 0.05) is 15.6 Å². The maximum Gasteiger partial charge on any atom is 0.416 e. The number of hydrogen-bond donors (Lipinski definition) is 1. The number of benzene rings is 2. The van der Waals surface area contributed by atoms with Crippen molar-refractivity contribution in [1.29, 1.82) is 0 Å². The average molecular weight is 545 g/mol. The van der Waals surface area contributed by atoms with Gasteiger partial charge < -0.3 is 5.11 Å². The zero-order valence-electron chi connectivity index (χ0n) is 18.5. The zero-order chi connectivity index (χ0) is 26.2. The summed E-state index contributed by atoms with van der Waals surface area (Å²) < 4.78 is 56.2. The second kappa shape index (κ2) is 10.0. The minimum atomic E-state index is -4.96. The van der Waals surface area contributed by atoms with Crippen LogP contribution in [0.5, 0.6) is 0 Å². The summed E-state index contributed by atoms with van der Waals surface area (Å²) in [5.74, 6) is -0.209. The Kier molecular flexibility index (Phi) is 7.21. The summed E-state index contributed by atoms with van der Waals surface area (Å²) in [6.45, 7) is -0.202. The molecule has 2 heterocycles. The van der Waals surface area contributed by atoms with Crippen molar-refractivity contribution in [3.8, 4) is 17.1 Å². The van der Waals surface area contributed by atoms with Crippen LogP contribution in [0.25, 0.3) is 17.1 Å². The Morgan fingerprint density at radius 2 is 1.75 bits per heavy atom. The first kappa shape index (κ1) is 25.9. The number of halogens is 6. The van der Waals surface area contributed by atoms with Crippen LogP contribution in [-0.4, -0.2) is 46.5 Å². The molecule has 2 aromatic carbocycles. The van der Waals surface area contributed by atoms with Crippen LogP contribution in [-0.2, 0) is 13.1 Å². The highest BCUT2D eigenvalue weighted by molar-refractivity contribution is 6.31. The van der Waals surface area contributed by atoms with Gasteiger partial charge in [-0.3, -0.25) is 4.57 Å². The molecule has 0 radical (unpaired) electrons. The topological polar surface area (TPSA) is 90.8 Å². The Labute approximate surface area is 211 Å². The van der Waals surface area contributed by atoms with Gasteiger partial charge >= 0.3 is 11.9 Å². The van der Waals surface area contributed by atoms with Crippen molar-refractivity contribution in [2.45, 2.75) is 38.5 Å². The van der Waals surface area contributed by atoms with E-state index in [0.29, 0.717) is 25.9 Å². The molecule has 0 spiro atoms. The number of nitrogens with zero attached hydrogens (tertiary/aromatic N) is 6. The largest absolute Gasteiger partial charge is 0.416 e. The number of hydrogen-bond acceptors (Lipinski definition) is 5. The van der Waals surface area contributed by atoms with Crippen molar-refractivity contribution in [3.63, 3.8) is 0 Å². The van der Waals surface area contributed by atoms with Crippen molar-refractivity contribution in [2.75, 3.05) is 0 Å². The predicted octanol–water partition coefficient (Wildman–Crippen LogP) is 4.60. The Morgan fingerprint density at radius 1 is 1.06 bits per heavy atom. The molecular formula is C22H18Cl2F4N6O2. The summed E-state index contributed by atoms with van der Waals surface area (Å²) in [5.41, 5.74) is -0.230. The van der Waals surface area contributed by atoms with Gasteiger partial charge in [-0.15, -0.1) is 10.2 Å². The van der Waals surface area contributed by atoms with Gasteiger partial charge in [-0.1, -0.05) is 29.3 Å². The van der Waals surface area contributed by atoms with E-state index in [1.807, 2.05) is 0 Å². The molecular weight excluding hydrogens is 527 g/mol. The lowest BCUT2D eigenvalue weighted by molar-refractivity contribution is -0.207. The van der Waals surface area contributed by atoms with Crippen LogP contribution in [0.2, 0.25) is 10.0 Å². The fourth-order valence-corrected chi connectivity index (χ4v) is 3.73. The molecule has 2 atom stereocenters. The third kappa shape index (κ3) is 5.45. The highest BCUT2D eigenvalue weighted by Crippen LogP contribution is 2.25. The molecule has 2 unspecified atom stereocenters. The summed E-state index contributed by atoms with van der Waals surface area (Å²) in [7, 11) is 0. The fourth-order valence-electron chi connectivity index (χ4n) is 3.42. The molecule has 1 N–H and O–H groups in total. The van der Waals surface area contributed by atoms with Crippen molar-refractivity contribution in [3.05, 3.63) is 80.7 Å². The van der Waals surface area contributed by atoms with E-state index in [1.54, 1.807) is 24.3 Å². The van der Waals surface area contributed by atoms with Gasteiger partial charge in [-0.25, -0.2) is 23.5 Å². The van der Waals surface area contributed by atoms with Crippen LogP contribution in [0.4, 0.5) is 17.6 Å². The van der Waals surface area contributed by atoms with Crippen LogP contribution < -0.4 is 5.69 Å². The predicted molar refractivity (Wildman–Crippen MR) is 124 cm³/mol. The van der Waals surface area contributed by atoms with Gasteiger partial charge in [0.1, 0.15) is 6.54 Å². The van der Waals surface area contributed by atoms with Crippen molar-refractivity contribution < 1.29 is 22.7 Å². The Bertz CT molecular complexity index is 1430. The number of aliphatic hydroxyl groups is 1. The Morgan fingerprint density at radius 3 is 2.36 bits per heavy atom. The van der Waals surface area contributed by atoms with Gasteiger partial charge in [0.25, 0.3) is 0 Å². The van der Waals surface area contributed by atoms with E-state index in [4.69, 9.17) is 23.2 Å². The zero-order valence-corrected chi connectivity index (χ0v) is 20.0. The molecule has 4 aromatic rings. The first-order valence-electron chi connectivity index (χ1n) is 10.5. The van der Waals surface area contributed by atoms with Crippen molar-refractivity contribution in [2.24, 2.45) is 0 Å². The second-order valence-electron chi connectivity index (χ2n) is 7.83. The van der Waals surface area contributed by atoms with Crippen LogP contribution in [0.15, 0.2) is 53.3 Å². The van der Waals surface area contributed by atoms with Crippen molar-refractivity contribution >= 4 is 23.2 Å². The Hall–Kier alpha value is -3.22. The van der Waals surface area contributed by atoms with Crippen LogP contribution in [0, 0.1) is 0 Å². The molecule has 0 bridgehead atoms. The lowest BCUT2D eigenvalue weighted by Gasteiger charge is -2.15. The summed E-state index contributed by atoms with van der Waals surface area (Å²) in [6, 6.07) is 12.4. The Balaban J connectivity index is 1.77. The number of aromatic nitrogens is 6. The van der Waals surface area contributed by atoms with Crippen LogP contribution in [0.3, 0.4) is 0 Å². The van der Waals surface area contributed by atoms with Gasteiger partial charge in [-0.2, -0.15) is 13.2 Å². The molecule has 0 aliphatic rings. The highest BCUT2D eigenvalue weighted by atomic mass is 35.5. The number of aliphatic hydroxyl groups excluding tert-OH is 1. The smallest absolute Gasteiger partial charge is 0.382 e. The summed E-state index contributed by atoms with van der Waals surface area (Å²) in [5, 5.41) is 18.8. The quantitative estimate of drug-likeness (QED) is 0.343. The molecule has 0 amide bonds. The third-order valence-corrected chi connectivity index (χ3v) is 5.62. The lowest BCUT2D eigenvalue weighted by Crippen LogP contribution is -2.37. The third-order valence-electron chi connectivity index (χ3n) is 5.13. The number of rotatable bonds is 7. The number of alkyl halides is 4. The average Bonchev–Trinajstić information content (AvgIpc) is 3.36. The second-order valence-corrected chi connectivity index (χ2v) is 8.71. The van der Waals surface area contributed by atoms with Crippen LogP contribution in [0.1, 0.15) is 24.7 Å². The normalized spacial score (nSPS) is 13.7. The molecule has 0 saturated heterocycles. The molecule has 0 saturated carbocycles. The van der Waals surface area contributed by atoms with Crippen molar-refractivity contribution in [1.82, 2.24) is 29.1 Å². The SMILES string of the molecule is CC(F)c1nc(Cn2nc(-c3ccc(Cl)cc3)n(CC(O)C(F)(F)F)c2=O)nn1-c1cccc(Cl)c1. The molecule has 4 rings (SSSR count). The van der Waals surface area contributed by atoms with Crippen LogP contribution >= 0.6 is 23.2 Å². The molecule has 0 aliphatic carbocycles. The molecule has 8 nitrogen and oxygen atoms in total. The molecule has 0 aliphatic heterocycles. The van der Waals surface area contributed by atoms with E-state index in [2.05, 4.69) is 15.2 Å². The standard InChI is InChI=1S/C22H18Cl2F4N6O2/c1-12(25)19-29-18(30-34(19)16-4-2-3-15(24)9-16)11-33-21(36)32(10-17(35)22(26,27)28)20(31-33)13-5-7-14(23)8-6-13/h2-9,12,17,35H,10-11H2,1H3. The van der Waals surface area contributed by atoms with E-state index in [-0.39, 0.29) is 24.0 Å². The van der Waals surface area contributed by atoms with Gasteiger partial charge in [-0.05, 0) is 49.4 Å². The van der Waals surface area contributed by atoms with Gasteiger partial charge in [0.15, 0.2) is 29.7 Å². The van der Waals surface area contributed by atoms with E-state index < -0.39 is 30.7 Å². The van der Waals surface area contributed by atoms with E-state index >= 15 is 0 Å². The fraction of sp³-hybridized carbons (Fsp3) is 0.273. The lowest BCUT2D eigenvalue weighted by atomic mass is 10.2. The molecule has 2 aromatic heterocycles. The first-order chi connectivity index (χ1) is 16.9. The van der Waals surface area contributed by atoms with E-state index in [1.165, 1.54) is 35.9 Å². The summed E-state index contributed by atoms with van der Waals surface area (Å²) in [4.78, 5) is 17.2.